The van der Waals surface area contributed by atoms with E-state index < -0.39 is 11.5 Å². The molecule has 1 saturated heterocycles. The summed E-state index contributed by atoms with van der Waals surface area (Å²) in [5.74, 6) is 0.0680. The number of carbonyl (C=O) groups excluding carboxylic acids is 2. The summed E-state index contributed by atoms with van der Waals surface area (Å²) >= 11 is 0. The maximum absolute atomic E-state index is 15.3. The van der Waals surface area contributed by atoms with Crippen LogP contribution in [0.3, 0.4) is 0 Å². The standard InChI is InChI=1S/C33H40FN5O4/c1-33(2,3)43-32(41)39-14-11-24(12-15-39)42-28-9-7-20(17-23(28)19-38(4)5)26-18-27(30(35)37-29(26)34)21-6-8-25-22(16-21)10-13-36-31(25)40/h6-9,16-18,24H,10-15,19H2,1-5H3,(H2,35,37)(H,36,40). The minimum atomic E-state index is -0.655. The predicted octanol–water partition coefficient (Wildman–Crippen LogP) is 5.26. The number of hydrogen-bond donors (Lipinski definition) is 2. The number of hydrogen-bond acceptors (Lipinski definition) is 7. The van der Waals surface area contributed by atoms with E-state index in [1.54, 1.807) is 17.0 Å². The van der Waals surface area contributed by atoms with Crippen molar-refractivity contribution in [3.8, 4) is 28.0 Å². The second-order valence-electron chi connectivity index (χ2n) is 12.5. The van der Waals surface area contributed by atoms with E-state index in [-0.39, 0.29) is 23.9 Å². The monoisotopic (exact) mass is 589 g/mol. The number of anilines is 1. The molecule has 1 aromatic heterocycles. The van der Waals surface area contributed by atoms with Crippen LogP contribution < -0.4 is 15.8 Å². The Kier molecular flexibility index (Phi) is 8.59. The molecule has 2 amide bonds. The smallest absolute Gasteiger partial charge is 0.410 e. The van der Waals surface area contributed by atoms with Gasteiger partial charge in [-0.1, -0.05) is 18.2 Å². The van der Waals surface area contributed by atoms with E-state index in [4.69, 9.17) is 15.2 Å². The van der Waals surface area contributed by atoms with E-state index in [0.29, 0.717) is 67.7 Å². The zero-order valence-corrected chi connectivity index (χ0v) is 25.5. The van der Waals surface area contributed by atoms with Crippen LogP contribution in [0.25, 0.3) is 22.3 Å². The Bertz CT molecular complexity index is 1530. The van der Waals surface area contributed by atoms with Crippen LogP contribution in [0.15, 0.2) is 42.5 Å². The molecule has 10 heteroatoms. The molecule has 43 heavy (non-hydrogen) atoms. The summed E-state index contributed by atoms with van der Waals surface area (Å²) in [5.41, 5.74) is 10.5. The fourth-order valence-corrected chi connectivity index (χ4v) is 5.52. The first kappa shape index (κ1) is 30.3. The van der Waals surface area contributed by atoms with Gasteiger partial charge >= 0.3 is 6.09 Å². The molecule has 0 bridgehead atoms. The predicted molar refractivity (Wildman–Crippen MR) is 164 cm³/mol. The molecule has 0 saturated carbocycles. The number of pyridine rings is 1. The van der Waals surface area contributed by atoms with E-state index in [0.717, 1.165) is 22.4 Å². The van der Waals surface area contributed by atoms with E-state index in [9.17, 15) is 9.59 Å². The Morgan fingerprint density at radius 1 is 1.07 bits per heavy atom. The van der Waals surface area contributed by atoms with Crippen LogP contribution >= 0.6 is 0 Å². The normalized spacial score (nSPS) is 15.7. The third-order valence-electron chi connectivity index (χ3n) is 7.59. The van der Waals surface area contributed by atoms with Gasteiger partial charge in [0.05, 0.1) is 0 Å². The van der Waals surface area contributed by atoms with Crippen molar-refractivity contribution in [1.29, 1.82) is 0 Å². The highest BCUT2D eigenvalue weighted by atomic mass is 19.1. The summed E-state index contributed by atoms with van der Waals surface area (Å²) in [7, 11) is 3.94. The molecular formula is C33H40FN5O4. The number of fused-ring (bicyclic) bond motifs is 1. The minimum absolute atomic E-state index is 0.0573. The largest absolute Gasteiger partial charge is 0.490 e. The molecular weight excluding hydrogens is 549 g/mol. The third-order valence-corrected chi connectivity index (χ3v) is 7.59. The van der Waals surface area contributed by atoms with E-state index in [1.165, 1.54) is 0 Å². The lowest BCUT2D eigenvalue weighted by atomic mass is 9.93. The van der Waals surface area contributed by atoms with Crippen molar-refractivity contribution in [2.75, 3.05) is 39.5 Å². The van der Waals surface area contributed by atoms with Crippen LogP contribution in [0.4, 0.5) is 15.0 Å². The van der Waals surface area contributed by atoms with Gasteiger partial charge in [-0.15, -0.1) is 0 Å². The molecule has 5 rings (SSSR count). The van der Waals surface area contributed by atoms with Crippen LogP contribution in [-0.2, 0) is 17.7 Å². The number of likely N-dealkylation sites (tertiary alicyclic amines) is 1. The summed E-state index contributed by atoms with van der Waals surface area (Å²) in [6, 6.07) is 12.9. The average molecular weight is 590 g/mol. The maximum Gasteiger partial charge on any atom is 0.410 e. The van der Waals surface area contributed by atoms with Gasteiger partial charge in [-0.25, -0.2) is 9.78 Å². The van der Waals surface area contributed by atoms with Gasteiger partial charge in [-0.05, 0) is 82.2 Å². The number of amides is 2. The molecule has 0 unspecified atom stereocenters. The topological polar surface area (TPSA) is 110 Å². The van der Waals surface area contributed by atoms with E-state index in [2.05, 4.69) is 10.3 Å². The number of nitrogens with one attached hydrogen (secondary N) is 1. The van der Waals surface area contributed by atoms with Crippen molar-refractivity contribution in [1.82, 2.24) is 20.1 Å². The van der Waals surface area contributed by atoms with Crippen molar-refractivity contribution in [3.05, 3.63) is 65.1 Å². The fraction of sp³-hybridized carbons (Fsp3) is 0.424. The number of nitrogens with zero attached hydrogens (tertiary/aromatic N) is 3. The summed E-state index contributed by atoms with van der Waals surface area (Å²) in [5, 5.41) is 2.85. The third kappa shape index (κ3) is 7.07. The molecule has 0 aliphatic carbocycles. The molecule has 0 atom stereocenters. The first-order valence-electron chi connectivity index (χ1n) is 14.7. The highest BCUT2D eigenvalue weighted by molar-refractivity contribution is 5.97. The number of nitrogen functional groups attached to an aromatic ring is 1. The van der Waals surface area contributed by atoms with E-state index >= 15 is 4.39 Å². The number of rotatable bonds is 6. The number of aromatic nitrogens is 1. The van der Waals surface area contributed by atoms with E-state index in [1.807, 2.05) is 70.1 Å². The summed E-state index contributed by atoms with van der Waals surface area (Å²) in [6.07, 6.45) is 1.72. The molecule has 1 fully saturated rings. The Labute approximate surface area is 252 Å². The number of carbonyl (C=O) groups is 2. The average Bonchev–Trinajstić information content (AvgIpc) is 2.93. The molecule has 3 heterocycles. The first-order chi connectivity index (χ1) is 20.4. The lowest BCUT2D eigenvalue weighted by Gasteiger charge is -2.34. The molecule has 228 valence electrons. The van der Waals surface area contributed by atoms with Gasteiger partial charge < -0.3 is 30.3 Å². The summed E-state index contributed by atoms with van der Waals surface area (Å²) in [6.45, 7) is 7.85. The lowest BCUT2D eigenvalue weighted by molar-refractivity contribution is 0.0125. The quantitative estimate of drug-likeness (QED) is 0.378. The summed E-state index contributed by atoms with van der Waals surface area (Å²) in [4.78, 5) is 32.5. The number of ether oxygens (including phenoxy) is 2. The number of piperidine rings is 1. The van der Waals surface area contributed by atoms with Gasteiger partial charge in [-0.3, -0.25) is 4.79 Å². The molecule has 0 spiro atoms. The fourth-order valence-electron chi connectivity index (χ4n) is 5.52. The molecule has 9 nitrogen and oxygen atoms in total. The van der Waals surface area contributed by atoms with Gasteiger partial charge in [0.25, 0.3) is 5.91 Å². The molecule has 3 aromatic rings. The zero-order valence-electron chi connectivity index (χ0n) is 25.5. The Morgan fingerprint density at radius 2 is 1.77 bits per heavy atom. The van der Waals surface area contributed by atoms with Crippen LogP contribution in [0.5, 0.6) is 5.75 Å². The van der Waals surface area contributed by atoms with Crippen LogP contribution in [0, 0.1) is 5.95 Å². The molecule has 0 radical (unpaired) electrons. The highest BCUT2D eigenvalue weighted by Crippen LogP contribution is 2.35. The van der Waals surface area contributed by atoms with Gasteiger partial charge in [0.15, 0.2) is 0 Å². The number of halogens is 1. The van der Waals surface area contributed by atoms with Gasteiger partial charge in [0.2, 0.25) is 5.95 Å². The SMILES string of the molecule is CN(C)Cc1cc(-c2cc(-c3ccc4c(c3)CCNC4=O)c(N)nc2F)ccc1OC1CCN(C(=O)OC(C)(C)C)CC1. The second-order valence-corrected chi connectivity index (χ2v) is 12.5. The van der Waals surface area contributed by atoms with Gasteiger partial charge in [0.1, 0.15) is 23.3 Å². The van der Waals surface area contributed by atoms with Crippen LogP contribution in [0.1, 0.15) is 55.1 Å². The molecule has 2 aliphatic rings. The first-order valence-corrected chi connectivity index (χ1v) is 14.7. The second kappa shape index (κ2) is 12.2. The van der Waals surface area contributed by atoms with Crippen LogP contribution in [-0.4, -0.2) is 72.2 Å². The summed E-state index contributed by atoms with van der Waals surface area (Å²) < 4.78 is 27.3. The Balaban J connectivity index is 1.38. The number of nitrogens with two attached hydrogens (primary N) is 1. The minimum Gasteiger partial charge on any atom is -0.490 e. The lowest BCUT2D eigenvalue weighted by Crippen LogP contribution is -2.44. The van der Waals surface area contributed by atoms with Crippen molar-refractivity contribution in [3.63, 3.8) is 0 Å². The molecule has 2 aromatic carbocycles. The van der Waals surface area contributed by atoms with Crippen LogP contribution in [0.2, 0.25) is 0 Å². The highest BCUT2D eigenvalue weighted by Gasteiger charge is 2.28. The molecule has 2 aliphatic heterocycles. The van der Waals surface area contributed by atoms with Gasteiger partial charge in [0, 0.05) is 61.3 Å². The van der Waals surface area contributed by atoms with Crippen molar-refractivity contribution >= 4 is 17.8 Å². The van der Waals surface area contributed by atoms with Crippen molar-refractivity contribution in [2.24, 2.45) is 0 Å². The zero-order chi connectivity index (χ0) is 30.9. The maximum atomic E-state index is 15.3. The van der Waals surface area contributed by atoms with Crippen molar-refractivity contribution in [2.45, 2.75) is 58.3 Å². The number of benzene rings is 2. The van der Waals surface area contributed by atoms with Crippen molar-refractivity contribution < 1.29 is 23.5 Å². The Morgan fingerprint density at radius 3 is 2.47 bits per heavy atom. The molecule has 3 N–H and O–H groups in total. The Hall–Kier alpha value is -4.18. The van der Waals surface area contributed by atoms with Gasteiger partial charge in [-0.2, -0.15) is 4.39 Å².